The molecule has 0 saturated carbocycles. The molecule has 0 aliphatic rings. The van der Waals surface area contributed by atoms with Gasteiger partial charge in [-0.2, -0.15) is 8.42 Å². The molecule has 1 N–H and O–H groups in total. The van der Waals surface area contributed by atoms with Crippen LogP contribution in [0.2, 0.25) is 0 Å². The Morgan fingerprint density at radius 3 is 1.76 bits per heavy atom. The quantitative estimate of drug-likeness (QED) is 0.158. The van der Waals surface area contributed by atoms with Gasteiger partial charge in [-0.15, -0.1) is 23.2 Å². The molecule has 0 atom stereocenters. The van der Waals surface area contributed by atoms with Crippen molar-refractivity contribution in [1.82, 2.24) is 19.1 Å². The first kappa shape index (κ1) is 34.8. The molecule has 0 amide bonds. The second kappa shape index (κ2) is 16.9. The third kappa shape index (κ3) is 9.33. The van der Waals surface area contributed by atoms with E-state index in [2.05, 4.69) is 9.97 Å². The van der Waals surface area contributed by atoms with Crippen LogP contribution in [0.4, 0.5) is 0 Å². The number of rotatable bonds is 9. The number of benzene rings is 1. The molecular formula is C29H36Cl2N4O6S. The largest absolute Gasteiger partial charge is 0.495 e. The fraction of sp³-hybridized carbons (Fsp3) is 0.310. The lowest BCUT2D eigenvalue weighted by atomic mass is 10.2. The number of hydrogen-bond donors (Lipinski definition) is 1. The zero-order chi connectivity index (χ0) is 29.8. The number of methoxy groups -OCH3 is 2. The van der Waals surface area contributed by atoms with E-state index in [1.165, 1.54) is 0 Å². The Morgan fingerprint density at radius 1 is 0.833 bits per heavy atom. The molecule has 0 aliphatic carbocycles. The van der Waals surface area contributed by atoms with Gasteiger partial charge in [-0.05, 0) is 43.3 Å². The highest BCUT2D eigenvalue weighted by Gasteiger charge is 2.15. The summed E-state index contributed by atoms with van der Waals surface area (Å²) in [4.78, 5) is 8.75. The number of nitrogens with zero attached hydrogens (tertiary/aromatic N) is 4. The predicted octanol–water partition coefficient (Wildman–Crippen LogP) is 5.85. The average molecular weight is 640 g/mol. The number of aryl methyl sites for hydroxylation is 1. The van der Waals surface area contributed by atoms with Crippen molar-refractivity contribution in [3.63, 3.8) is 0 Å². The van der Waals surface area contributed by atoms with Crippen molar-refractivity contribution in [2.24, 2.45) is 0 Å². The van der Waals surface area contributed by atoms with E-state index in [-0.39, 0.29) is 30.9 Å². The number of aromatic nitrogens is 4. The standard InChI is InChI=1S/C17H18N2O4S.C10H12N2O2.CH2Cl2.CH4/c1-13-3-5-16(6-4-13)24(20,21)23-10-9-19-8-7-14-11-15(22-2)12-18-17(14)19;1-14-9-6-8-2-3-12(4-5-13)10(8)11-7-9;2-1-3;/h3-8,11-12H,9-10H2,1-2H3;2-3,6-7,13H,4-5H2,1H3;1H2;1H4. The van der Waals surface area contributed by atoms with Gasteiger partial charge in [0.2, 0.25) is 0 Å². The minimum absolute atomic E-state index is 0. The number of ether oxygens (including phenoxy) is 2. The molecule has 4 heterocycles. The average Bonchev–Trinajstić information content (AvgIpc) is 3.57. The summed E-state index contributed by atoms with van der Waals surface area (Å²) in [5.41, 5.74) is 2.63. The number of hydrogen-bond acceptors (Lipinski definition) is 8. The first-order chi connectivity index (χ1) is 19.8. The molecule has 4 aromatic heterocycles. The highest BCUT2D eigenvalue weighted by Crippen LogP contribution is 2.20. The van der Waals surface area contributed by atoms with Crippen molar-refractivity contribution >= 4 is 55.4 Å². The van der Waals surface area contributed by atoms with Crippen molar-refractivity contribution in [3.8, 4) is 11.5 Å². The molecule has 0 radical (unpaired) electrons. The van der Waals surface area contributed by atoms with Gasteiger partial charge in [-0.3, -0.25) is 4.18 Å². The van der Waals surface area contributed by atoms with Crippen molar-refractivity contribution in [3.05, 3.63) is 78.9 Å². The first-order valence-corrected chi connectivity index (χ1v) is 14.9. The Hall–Kier alpha value is -3.35. The lowest BCUT2D eigenvalue weighted by Gasteiger charge is -2.08. The molecule has 0 bridgehead atoms. The van der Waals surface area contributed by atoms with E-state index in [4.69, 9.17) is 42.0 Å². The molecule has 5 aromatic rings. The lowest BCUT2D eigenvalue weighted by Crippen LogP contribution is -2.12. The van der Waals surface area contributed by atoms with Crippen LogP contribution in [0.15, 0.2) is 78.2 Å². The van der Waals surface area contributed by atoms with Gasteiger partial charge in [0.1, 0.15) is 22.8 Å². The topological polar surface area (TPSA) is 118 Å². The van der Waals surface area contributed by atoms with Crippen LogP contribution in [0.25, 0.3) is 22.1 Å². The molecule has 0 spiro atoms. The molecule has 228 valence electrons. The van der Waals surface area contributed by atoms with Gasteiger partial charge in [0.05, 0.1) is 50.1 Å². The van der Waals surface area contributed by atoms with Crippen LogP contribution >= 0.6 is 23.2 Å². The van der Waals surface area contributed by atoms with E-state index in [1.807, 2.05) is 52.7 Å². The Morgan fingerprint density at radius 2 is 1.31 bits per heavy atom. The first-order valence-electron chi connectivity index (χ1n) is 12.4. The maximum absolute atomic E-state index is 12.2. The number of fused-ring (bicyclic) bond motifs is 2. The Labute approximate surface area is 256 Å². The van der Waals surface area contributed by atoms with Gasteiger partial charge in [-0.1, -0.05) is 25.1 Å². The van der Waals surface area contributed by atoms with E-state index >= 15 is 0 Å². The van der Waals surface area contributed by atoms with Gasteiger partial charge >= 0.3 is 0 Å². The van der Waals surface area contributed by atoms with Crippen LogP contribution in [0.3, 0.4) is 0 Å². The van der Waals surface area contributed by atoms with Gasteiger partial charge in [0.15, 0.2) is 0 Å². The van der Waals surface area contributed by atoms with Gasteiger partial charge < -0.3 is 23.7 Å². The molecule has 13 heteroatoms. The summed E-state index contributed by atoms with van der Waals surface area (Å²) in [6.07, 6.45) is 7.06. The summed E-state index contributed by atoms with van der Waals surface area (Å²) in [6, 6.07) is 14.2. The summed E-state index contributed by atoms with van der Waals surface area (Å²) in [7, 11) is -0.542. The van der Waals surface area contributed by atoms with Crippen LogP contribution in [-0.4, -0.2) is 65.4 Å². The zero-order valence-electron chi connectivity index (χ0n) is 22.9. The summed E-state index contributed by atoms with van der Waals surface area (Å²) < 4.78 is 43.4. The molecule has 10 nitrogen and oxygen atoms in total. The molecule has 42 heavy (non-hydrogen) atoms. The molecule has 0 fully saturated rings. The second-order valence-electron chi connectivity index (χ2n) is 8.51. The van der Waals surface area contributed by atoms with Gasteiger partial charge in [-0.25, -0.2) is 9.97 Å². The number of halogens is 2. The Bertz CT molecular complexity index is 1640. The molecule has 5 rings (SSSR count). The summed E-state index contributed by atoms with van der Waals surface area (Å²) >= 11 is 9.53. The minimum atomic E-state index is -3.75. The summed E-state index contributed by atoms with van der Waals surface area (Å²) in [5.74, 6) is 1.43. The van der Waals surface area contributed by atoms with E-state index in [0.29, 0.717) is 18.8 Å². The third-order valence-corrected chi connectivity index (χ3v) is 7.17. The highest BCUT2D eigenvalue weighted by molar-refractivity contribution is 7.86. The second-order valence-corrected chi connectivity index (χ2v) is 10.9. The Kier molecular flexibility index (Phi) is 14.1. The summed E-state index contributed by atoms with van der Waals surface area (Å²) in [6.45, 7) is 3.01. The Balaban J connectivity index is 0.000000291. The molecule has 0 saturated heterocycles. The number of aliphatic hydroxyl groups excluding tert-OH is 1. The van der Waals surface area contributed by atoms with Crippen LogP contribution in [0.1, 0.15) is 13.0 Å². The highest BCUT2D eigenvalue weighted by atomic mass is 35.5. The maximum atomic E-state index is 12.2. The van der Waals surface area contributed by atoms with Gasteiger partial charge in [0.25, 0.3) is 10.1 Å². The lowest BCUT2D eigenvalue weighted by molar-refractivity contribution is 0.278. The van der Waals surface area contributed by atoms with Crippen molar-refractivity contribution in [1.29, 1.82) is 0 Å². The molecule has 0 unspecified atom stereocenters. The van der Waals surface area contributed by atoms with Crippen molar-refractivity contribution < 1.29 is 27.2 Å². The van der Waals surface area contributed by atoms with Crippen LogP contribution in [-0.2, 0) is 27.4 Å². The molecule has 0 aliphatic heterocycles. The normalized spacial score (nSPS) is 10.7. The minimum Gasteiger partial charge on any atom is -0.495 e. The summed E-state index contributed by atoms with van der Waals surface area (Å²) in [5, 5.41) is 11.0. The SMILES string of the molecule is C.COc1cnc2c(ccn2CCO)c1.COc1cnc2c(ccn2CCOS(=O)(=O)c2ccc(C)cc2)c1.ClCCl. The fourth-order valence-electron chi connectivity index (χ4n) is 3.83. The predicted molar refractivity (Wildman–Crippen MR) is 167 cm³/mol. The smallest absolute Gasteiger partial charge is 0.297 e. The zero-order valence-corrected chi connectivity index (χ0v) is 25.2. The van der Waals surface area contributed by atoms with E-state index in [9.17, 15) is 8.42 Å². The van der Waals surface area contributed by atoms with E-state index in [0.717, 1.165) is 33.4 Å². The number of pyridine rings is 2. The number of aliphatic hydroxyl groups is 1. The van der Waals surface area contributed by atoms with E-state index in [1.54, 1.807) is 50.9 Å². The monoisotopic (exact) mass is 638 g/mol. The third-order valence-electron chi connectivity index (χ3n) is 5.84. The fourth-order valence-corrected chi connectivity index (χ4v) is 4.73. The van der Waals surface area contributed by atoms with Crippen LogP contribution in [0.5, 0.6) is 11.5 Å². The van der Waals surface area contributed by atoms with Crippen LogP contribution < -0.4 is 9.47 Å². The van der Waals surface area contributed by atoms with Crippen molar-refractivity contribution in [2.45, 2.75) is 32.3 Å². The van der Waals surface area contributed by atoms with Crippen molar-refractivity contribution in [2.75, 3.05) is 32.8 Å². The van der Waals surface area contributed by atoms with E-state index < -0.39 is 10.1 Å². The number of alkyl halides is 2. The van der Waals surface area contributed by atoms with Crippen LogP contribution in [0, 0.1) is 6.92 Å². The molecule has 1 aromatic carbocycles. The molecular weight excluding hydrogens is 603 g/mol. The maximum Gasteiger partial charge on any atom is 0.297 e. The van der Waals surface area contributed by atoms with Gasteiger partial charge in [0, 0.05) is 36.3 Å².